The minimum Gasteiger partial charge on any atom is -0.367 e. The van der Waals surface area contributed by atoms with E-state index in [1.165, 1.54) is 0 Å². The van der Waals surface area contributed by atoms with Crippen molar-refractivity contribution in [3.05, 3.63) is 41.5 Å². The number of rotatable bonds is 1. The smallest absolute Gasteiger partial charge is 0.190 e. The van der Waals surface area contributed by atoms with Crippen molar-refractivity contribution in [1.82, 2.24) is 0 Å². The molecule has 0 N–H and O–H groups in total. The van der Waals surface area contributed by atoms with Crippen molar-refractivity contribution in [2.75, 3.05) is 6.61 Å². The van der Waals surface area contributed by atoms with Crippen LogP contribution in [0.5, 0.6) is 0 Å². The Labute approximate surface area is 108 Å². The maximum absolute atomic E-state index is 12.6. The van der Waals surface area contributed by atoms with Gasteiger partial charge < -0.3 is 4.74 Å². The lowest BCUT2D eigenvalue weighted by molar-refractivity contribution is -0.137. The summed E-state index contributed by atoms with van der Waals surface area (Å²) in [4.78, 5) is 12.6. The highest BCUT2D eigenvalue weighted by Gasteiger charge is 2.45. The number of carbonyl (C=O) groups excluding carboxylic acids is 1. The summed E-state index contributed by atoms with van der Waals surface area (Å²) in [7, 11) is 0. The van der Waals surface area contributed by atoms with Gasteiger partial charge >= 0.3 is 0 Å². The number of hydrogen-bond donors (Lipinski definition) is 0. The standard InChI is InChI=1S/C16H18O2/c17-15-14(12-13-6-2-1-3-7-13)8-4-9-16(15)10-5-11-18-16/h1-3,6-7,12H,4-5,8-11H2/b14-12+/t16-/m1/s1. The Hall–Kier alpha value is -1.41. The van der Waals surface area contributed by atoms with Crippen LogP contribution in [0.25, 0.3) is 6.08 Å². The van der Waals surface area contributed by atoms with Crippen LogP contribution in [0.15, 0.2) is 35.9 Å². The van der Waals surface area contributed by atoms with Crippen molar-refractivity contribution in [2.24, 2.45) is 0 Å². The van der Waals surface area contributed by atoms with E-state index in [0.29, 0.717) is 0 Å². The second kappa shape index (κ2) is 4.69. The van der Waals surface area contributed by atoms with E-state index in [9.17, 15) is 4.79 Å². The predicted octanol–water partition coefficient (Wildman–Crippen LogP) is 3.37. The molecule has 1 aromatic rings. The summed E-state index contributed by atoms with van der Waals surface area (Å²) in [6, 6.07) is 10.1. The summed E-state index contributed by atoms with van der Waals surface area (Å²) < 4.78 is 5.77. The number of Topliss-reactive ketones (excluding diaryl/α,β-unsaturated/α-hetero) is 1. The van der Waals surface area contributed by atoms with Gasteiger partial charge in [-0.15, -0.1) is 0 Å². The average Bonchev–Trinajstić information content (AvgIpc) is 2.86. The highest BCUT2D eigenvalue weighted by molar-refractivity contribution is 6.06. The maximum Gasteiger partial charge on any atom is 0.190 e. The fourth-order valence-corrected chi connectivity index (χ4v) is 3.05. The monoisotopic (exact) mass is 242 g/mol. The van der Waals surface area contributed by atoms with Crippen molar-refractivity contribution in [3.63, 3.8) is 0 Å². The summed E-state index contributed by atoms with van der Waals surface area (Å²) in [5.74, 6) is 0.232. The third kappa shape index (κ3) is 2.01. The Bertz CT molecular complexity index is 467. The molecule has 1 aromatic carbocycles. The average molecular weight is 242 g/mol. The molecular weight excluding hydrogens is 224 g/mol. The van der Waals surface area contributed by atoms with Gasteiger partial charge in [-0.25, -0.2) is 0 Å². The molecule has 2 nitrogen and oxygen atoms in total. The van der Waals surface area contributed by atoms with Crippen LogP contribution in [-0.4, -0.2) is 18.0 Å². The number of ketones is 1. The second-order valence-corrected chi connectivity index (χ2v) is 5.21. The molecule has 0 radical (unpaired) electrons. The first-order chi connectivity index (χ1) is 8.80. The highest BCUT2D eigenvalue weighted by atomic mass is 16.5. The van der Waals surface area contributed by atoms with Crippen molar-refractivity contribution < 1.29 is 9.53 Å². The van der Waals surface area contributed by atoms with Crippen LogP contribution < -0.4 is 0 Å². The SMILES string of the molecule is O=C1/C(=C/c2ccccc2)CCC[C@@]12CCCO2. The van der Waals surface area contributed by atoms with Crippen molar-refractivity contribution in [1.29, 1.82) is 0 Å². The molecule has 0 amide bonds. The van der Waals surface area contributed by atoms with E-state index in [2.05, 4.69) is 0 Å². The van der Waals surface area contributed by atoms with Crippen molar-refractivity contribution >= 4 is 11.9 Å². The van der Waals surface area contributed by atoms with Gasteiger partial charge in [0.25, 0.3) is 0 Å². The lowest BCUT2D eigenvalue weighted by Crippen LogP contribution is -2.41. The Morgan fingerprint density at radius 2 is 1.89 bits per heavy atom. The molecule has 3 rings (SSSR count). The van der Waals surface area contributed by atoms with E-state index in [-0.39, 0.29) is 5.78 Å². The molecule has 1 saturated carbocycles. The fraction of sp³-hybridized carbons (Fsp3) is 0.438. The summed E-state index contributed by atoms with van der Waals surface area (Å²) in [5.41, 5.74) is 1.57. The first-order valence-electron chi connectivity index (χ1n) is 6.75. The first-order valence-corrected chi connectivity index (χ1v) is 6.75. The van der Waals surface area contributed by atoms with Gasteiger partial charge in [-0.2, -0.15) is 0 Å². The van der Waals surface area contributed by atoms with Crippen LogP contribution in [0.1, 0.15) is 37.7 Å². The lowest BCUT2D eigenvalue weighted by Gasteiger charge is -2.32. The normalized spacial score (nSPS) is 30.2. The highest BCUT2D eigenvalue weighted by Crippen LogP contribution is 2.39. The maximum atomic E-state index is 12.6. The van der Waals surface area contributed by atoms with Gasteiger partial charge in [-0.05, 0) is 49.3 Å². The molecule has 0 unspecified atom stereocenters. The van der Waals surface area contributed by atoms with Crippen LogP contribution in [0.2, 0.25) is 0 Å². The minimum absolute atomic E-state index is 0.232. The Balaban J connectivity index is 1.89. The second-order valence-electron chi connectivity index (χ2n) is 5.21. The zero-order valence-electron chi connectivity index (χ0n) is 10.5. The van der Waals surface area contributed by atoms with Crippen molar-refractivity contribution in [3.8, 4) is 0 Å². The molecule has 18 heavy (non-hydrogen) atoms. The van der Waals surface area contributed by atoms with Gasteiger partial charge in [0.15, 0.2) is 5.78 Å². The van der Waals surface area contributed by atoms with Gasteiger partial charge in [0.1, 0.15) is 5.60 Å². The van der Waals surface area contributed by atoms with Gasteiger partial charge in [0.2, 0.25) is 0 Å². The number of benzene rings is 1. The van der Waals surface area contributed by atoms with Gasteiger partial charge in [0, 0.05) is 6.61 Å². The number of hydrogen-bond acceptors (Lipinski definition) is 2. The molecule has 1 aliphatic carbocycles. The molecule has 1 aliphatic heterocycles. The van der Waals surface area contributed by atoms with Gasteiger partial charge in [0.05, 0.1) is 0 Å². The zero-order chi connectivity index (χ0) is 12.4. The van der Waals surface area contributed by atoms with Crippen LogP contribution in [0, 0.1) is 0 Å². The minimum atomic E-state index is -0.473. The molecule has 1 heterocycles. The number of ether oxygens (including phenoxy) is 1. The quantitative estimate of drug-likeness (QED) is 0.706. The molecular formula is C16H18O2. The van der Waals surface area contributed by atoms with Gasteiger partial charge in [-0.1, -0.05) is 30.3 Å². The third-order valence-corrected chi connectivity index (χ3v) is 3.98. The van der Waals surface area contributed by atoms with E-state index in [1.807, 2.05) is 36.4 Å². The molecule has 1 atom stereocenters. The van der Waals surface area contributed by atoms with E-state index in [4.69, 9.17) is 4.74 Å². The summed E-state index contributed by atoms with van der Waals surface area (Å²) in [6.45, 7) is 0.740. The van der Waals surface area contributed by atoms with E-state index < -0.39 is 5.60 Å². The van der Waals surface area contributed by atoms with Crippen molar-refractivity contribution in [2.45, 2.75) is 37.7 Å². The predicted molar refractivity (Wildman–Crippen MR) is 71.2 cm³/mol. The molecule has 2 fully saturated rings. The lowest BCUT2D eigenvalue weighted by atomic mass is 9.78. The Morgan fingerprint density at radius 1 is 1.11 bits per heavy atom. The first kappa shape index (κ1) is 11.7. The molecule has 94 valence electrons. The summed E-state index contributed by atoms with van der Waals surface area (Å²) in [6.07, 6.45) is 6.80. The summed E-state index contributed by atoms with van der Waals surface area (Å²) >= 11 is 0. The zero-order valence-corrected chi connectivity index (χ0v) is 10.5. The molecule has 2 aliphatic rings. The van der Waals surface area contributed by atoms with Crippen LogP contribution in [0.4, 0.5) is 0 Å². The third-order valence-electron chi connectivity index (χ3n) is 3.98. The molecule has 2 heteroatoms. The van der Waals surface area contributed by atoms with E-state index >= 15 is 0 Å². The largest absolute Gasteiger partial charge is 0.367 e. The Kier molecular flexibility index (Phi) is 3.04. The molecule has 1 saturated heterocycles. The van der Waals surface area contributed by atoms with Crippen LogP contribution in [0.3, 0.4) is 0 Å². The van der Waals surface area contributed by atoms with E-state index in [1.54, 1.807) is 0 Å². The number of carbonyl (C=O) groups is 1. The fourth-order valence-electron chi connectivity index (χ4n) is 3.05. The van der Waals surface area contributed by atoms with Gasteiger partial charge in [-0.3, -0.25) is 4.79 Å². The summed E-state index contributed by atoms with van der Waals surface area (Å²) in [5, 5.41) is 0. The molecule has 0 bridgehead atoms. The van der Waals surface area contributed by atoms with Crippen LogP contribution >= 0.6 is 0 Å². The molecule has 0 aromatic heterocycles. The topological polar surface area (TPSA) is 26.3 Å². The Morgan fingerprint density at radius 3 is 2.61 bits per heavy atom. The van der Waals surface area contributed by atoms with Crippen LogP contribution in [-0.2, 0) is 9.53 Å². The molecule has 1 spiro atoms. The van der Waals surface area contributed by atoms with E-state index in [0.717, 1.165) is 49.8 Å².